The van der Waals surface area contributed by atoms with Crippen LogP contribution in [0.25, 0.3) is 0 Å². The van der Waals surface area contributed by atoms with Crippen LogP contribution in [0.5, 0.6) is 0 Å². The van der Waals surface area contributed by atoms with Gasteiger partial charge in [-0.25, -0.2) is 0 Å². The molecule has 2 unspecified atom stereocenters. The van der Waals surface area contributed by atoms with Crippen molar-refractivity contribution in [1.82, 2.24) is 0 Å². The Morgan fingerprint density at radius 3 is 2.78 bits per heavy atom. The molecule has 0 bridgehead atoms. The van der Waals surface area contributed by atoms with Crippen molar-refractivity contribution in [1.29, 1.82) is 0 Å². The van der Waals surface area contributed by atoms with Crippen LogP contribution in [-0.2, 0) is 11.2 Å². The van der Waals surface area contributed by atoms with Gasteiger partial charge in [0.15, 0.2) is 0 Å². The fourth-order valence-electron chi connectivity index (χ4n) is 3.41. The molecular formula is C16H23NO. The molecule has 1 saturated carbocycles. The third-order valence-corrected chi connectivity index (χ3v) is 4.76. The molecule has 0 spiro atoms. The molecule has 3 rings (SSSR count). The molecule has 0 amide bonds. The highest BCUT2D eigenvalue weighted by Gasteiger charge is 2.50. The van der Waals surface area contributed by atoms with Crippen molar-refractivity contribution in [3.63, 3.8) is 0 Å². The maximum atomic E-state index is 6.14. The van der Waals surface area contributed by atoms with Gasteiger partial charge in [-0.15, -0.1) is 0 Å². The standard InChI is InChI=1S/C16H23NO/c1-12-4-2-3-5-14(12)10-16(11-17)8-9-18-15(16)13-6-7-13/h2-5,13,15H,6-11,17H2,1H3. The third-order valence-electron chi connectivity index (χ3n) is 4.76. The van der Waals surface area contributed by atoms with E-state index in [-0.39, 0.29) is 5.41 Å². The van der Waals surface area contributed by atoms with Gasteiger partial charge < -0.3 is 10.5 Å². The lowest BCUT2D eigenvalue weighted by Crippen LogP contribution is -2.41. The second-order valence-electron chi connectivity index (χ2n) is 6.05. The molecule has 98 valence electrons. The van der Waals surface area contributed by atoms with Gasteiger partial charge in [-0.05, 0) is 49.7 Å². The van der Waals surface area contributed by atoms with Gasteiger partial charge in [-0.3, -0.25) is 0 Å². The van der Waals surface area contributed by atoms with Crippen molar-refractivity contribution in [2.24, 2.45) is 17.1 Å². The van der Waals surface area contributed by atoms with Gasteiger partial charge in [0.2, 0.25) is 0 Å². The number of hydrogen-bond acceptors (Lipinski definition) is 2. The fraction of sp³-hybridized carbons (Fsp3) is 0.625. The maximum absolute atomic E-state index is 6.14. The zero-order chi connectivity index (χ0) is 12.6. The van der Waals surface area contributed by atoms with Crippen molar-refractivity contribution in [2.45, 2.75) is 38.7 Å². The van der Waals surface area contributed by atoms with E-state index in [9.17, 15) is 0 Å². The molecule has 0 radical (unpaired) electrons. The summed E-state index contributed by atoms with van der Waals surface area (Å²) in [6, 6.07) is 8.68. The summed E-state index contributed by atoms with van der Waals surface area (Å²) in [7, 11) is 0. The first-order valence-corrected chi connectivity index (χ1v) is 7.11. The molecule has 1 aliphatic heterocycles. The summed E-state index contributed by atoms with van der Waals surface area (Å²) >= 11 is 0. The first-order valence-electron chi connectivity index (χ1n) is 7.11. The molecule has 2 nitrogen and oxygen atoms in total. The molecule has 1 saturated heterocycles. The zero-order valence-corrected chi connectivity index (χ0v) is 11.2. The molecule has 2 fully saturated rings. The van der Waals surface area contributed by atoms with Gasteiger partial charge in [-0.1, -0.05) is 24.3 Å². The summed E-state index contributed by atoms with van der Waals surface area (Å²) in [5.41, 5.74) is 9.16. The van der Waals surface area contributed by atoms with Crippen LogP contribution < -0.4 is 5.73 Å². The Kier molecular flexibility index (Phi) is 3.16. The number of rotatable bonds is 4. The van der Waals surface area contributed by atoms with Crippen LogP contribution in [0.2, 0.25) is 0 Å². The zero-order valence-electron chi connectivity index (χ0n) is 11.2. The summed E-state index contributed by atoms with van der Waals surface area (Å²) < 4.78 is 6.02. The van der Waals surface area contributed by atoms with Gasteiger partial charge in [0.1, 0.15) is 0 Å². The van der Waals surface area contributed by atoms with Gasteiger partial charge in [0.05, 0.1) is 6.10 Å². The Morgan fingerprint density at radius 1 is 1.33 bits per heavy atom. The summed E-state index contributed by atoms with van der Waals surface area (Å²) in [5.74, 6) is 0.778. The summed E-state index contributed by atoms with van der Waals surface area (Å²) in [5, 5.41) is 0. The van der Waals surface area contributed by atoms with Crippen molar-refractivity contribution in [3.8, 4) is 0 Å². The van der Waals surface area contributed by atoms with Crippen LogP contribution in [0.3, 0.4) is 0 Å². The van der Waals surface area contributed by atoms with Gasteiger partial charge in [0, 0.05) is 18.6 Å². The van der Waals surface area contributed by atoms with Gasteiger partial charge >= 0.3 is 0 Å². The average Bonchev–Trinajstić information content (AvgIpc) is 3.14. The molecule has 1 aromatic rings. The van der Waals surface area contributed by atoms with Crippen molar-refractivity contribution in [2.75, 3.05) is 13.2 Å². The van der Waals surface area contributed by atoms with Crippen LogP contribution in [-0.4, -0.2) is 19.3 Å². The van der Waals surface area contributed by atoms with E-state index >= 15 is 0 Å². The minimum absolute atomic E-state index is 0.188. The Labute approximate surface area is 110 Å². The van der Waals surface area contributed by atoms with Crippen LogP contribution in [0.4, 0.5) is 0 Å². The minimum atomic E-state index is 0.188. The quantitative estimate of drug-likeness (QED) is 0.885. The maximum Gasteiger partial charge on any atom is 0.0675 e. The van der Waals surface area contributed by atoms with Crippen LogP contribution >= 0.6 is 0 Å². The van der Waals surface area contributed by atoms with E-state index < -0.39 is 0 Å². The largest absolute Gasteiger partial charge is 0.377 e. The molecule has 2 heteroatoms. The average molecular weight is 245 g/mol. The highest BCUT2D eigenvalue weighted by Crippen LogP contribution is 2.49. The normalized spacial score (nSPS) is 31.8. The van der Waals surface area contributed by atoms with E-state index in [0.29, 0.717) is 6.10 Å². The number of nitrogens with two attached hydrogens (primary N) is 1. The molecule has 0 aromatic heterocycles. The van der Waals surface area contributed by atoms with Crippen LogP contribution in [0, 0.1) is 18.3 Å². The molecule has 1 heterocycles. The minimum Gasteiger partial charge on any atom is -0.377 e. The topological polar surface area (TPSA) is 35.2 Å². The number of benzene rings is 1. The molecule has 2 N–H and O–H groups in total. The summed E-state index contributed by atoms with van der Waals surface area (Å²) in [4.78, 5) is 0. The Morgan fingerprint density at radius 2 is 2.11 bits per heavy atom. The lowest BCUT2D eigenvalue weighted by molar-refractivity contribution is 0.0344. The van der Waals surface area contributed by atoms with Crippen molar-refractivity contribution >= 4 is 0 Å². The van der Waals surface area contributed by atoms with Crippen LogP contribution in [0.1, 0.15) is 30.4 Å². The van der Waals surface area contributed by atoms with E-state index in [1.54, 1.807) is 0 Å². The van der Waals surface area contributed by atoms with E-state index in [4.69, 9.17) is 10.5 Å². The van der Waals surface area contributed by atoms with E-state index in [1.807, 2.05) is 0 Å². The second kappa shape index (κ2) is 4.67. The molecule has 2 aliphatic rings. The highest BCUT2D eigenvalue weighted by molar-refractivity contribution is 5.27. The Balaban J connectivity index is 1.85. The van der Waals surface area contributed by atoms with Crippen LogP contribution in [0.15, 0.2) is 24.3 Å². The molecular weight excluding hydrogens is 222 g/mol. The SMILES string of the molecule is Cc1ccccc1CC1(CN)CCOC1C1CC1. The highest BCUT2D eigenvalue weighted by atomic mass is 16.5. The summed E-state index contributed by atoms with van der Waals surface area (Å²) in [6.07, 6.45) is 5.28. The van der Waals surface area contributed by atoms with Crippen molar-refractivity contribution in [3.05, 3.63) is 35.4 Å². The first-order chi connectivity index (χ1) is 8.75. The lowest BCUT2D eigenvalue weighted by Gasteiger charge is -2.33. The third kappa shape index (κ3) is 2.08. The van der Waals surface area contributed by atoms with E-state index in [1.165, 1.54) is 24.0 Å². The smallest absolute Gasteiger partial charge is 0.0675 e. The second-order valence-corrected chi connectivity index (χ2v) is 6.05. The predicted octanol–water partition coefficient (Wildman–Crippen LogP) is 2.68. The number of hydrogen-bond donors (Lipinski definition) is 1. The molecule has 1 aromatic carbocycles. The molecule has 2 atom stereocenters. The van der Waals surface area contributed by atoms with E-state index in [0.717, 1.165) is 31.9 Å². The predicted molar refractivity (Wildman–Crippen MR) is 73.5 cm³/mol. The fourth-order valence-corrected chi connectivity index (χ4v) is 3.41. The van der Waals surface area contributed by atoms with Gasteiger partial charge in [0.25, 0.3) is 0 Å². The first kappa shape index (κ1) is 12.2. The molecule has 1 aliphatic carbocycles. The number of ether oxygens (including phenoxy) is 1. The summed E-state index contributed by atoms with van der Waals surface area (Å²) in [6.45, 7) is 3.84. The molecule has 18 heavy (non-hydrogen) atoms. The Hall–Kier alpha value is -0.860. The van der Waals surface area contributed by atoms with E-state index in [2.05, 4.69) is 31.2 Å². The number of aryl methyl sites for hydroxylation is 1. The monoisotopic (exact) mass is 245 g/mol. The van der Waals surface area contributed by atoms with Crippen molar-refractivity contribution < 1.29 is 4.74 Å². The van der Waals surface area contributed by atoms with Gasteiger partial charge in [-0.2, -0.15) is 0 Å². The lowest BCUT2D eigenvalue weighted by atomic mass is 9.73. The Bertz CT molecular complexity index is 427.